The number of imidazole rings is 1. The van der Waals surface area contributed by atoms with Crippen molar-refractivity contribution in [2.45, 2.75) is 19.9 Å². The third-order valence-electron chi connectivity index (χ3n) is 2.87. The second-order valence-corrected chi connectivity index (χ2v) is 4.38. The molecule has 0 amide bonds. The number of anilines is 2. The molecule has 0 bridgehead atoms. The van der Waals surface area contributed by atoms with E-state index in [0.29, 0.717) is 18.0 Å². The maximum atomic E-state index is 13.5. The van der Waals surface area contributed by atoms with Crippen LogP contribution in [0.5, 0.6) is 5.75 Å². The average molecular weight is 278 g/mol. The lowest BCUT2D eigenvalue weighted by atomic mass is 10.2. The van der Waals surface area contributed by atoms with E-state index in [-0.39, 0.29) is 5.75 Å². The minimum Gasteiger partial charge on any atom is -0.491 e. The fourth-order valence-electron chi connectivity index (χ4n) is 1.89. The summed E-state index contributed by atoms with van der Waals surface area (Å²) < 4.78 is 20.8. The molecule has 0 spiro atoms. The number of halogens is 1. The van der Waals surface area contributed by atoms with Crippen LogP contribution < -0.4 is 15.8 Å². The standard InChI is InChI=1S/C14H19FN4O/c1-2-20-14-9-13(12(16)8-11(14)15)18-4-3-6-19-7-5-17-10-19/h5,7-10,18H,2-4,6,16H2,1H3. The number of nitrogens with two attached hydrogens (primary N) is 1. The molecule has 2 rings (SSSR count). The van der Waals surface area contributed by atoms with Crippen molar-refractivity contribution in [2.75, 3.05) is 24.2 Å². The molecule has 3 N–H and O–H groups in total. The first kappa shape index (κ1) is 14.2. The summed E-state index contributed by atoms with van der Waals surface area (Å²) >= 11 is 0. The molecule has 0 aliphatic heterocycles. The fraction of sp³-hybridized carbons (Fsp3) is 0.357. The Bertz CT molecular complexity index is 542. The number of ether oxygens (including phenoxy) is 1. The molecule has 0 radical (unpaired) electrons. The Morgan fingerprint density at radius 3 is 3.00 bits per heavy atom. The molecule has 0 atom stereocenters. The van der Waals surface area contributed by atoms with E-state index in [4.69, 9.17) is 10.5 Å². The number of nitrogens with zero attached hydrogens (tertiary/aromatic N) is 2. The van der Waals surface area contributed by atoms with Crippen LogP contribution in [-0.4, -0.2) is 22.7 Å². The van der Waals surface area contributed by atoms with Crippen LogP contribution in [0, 0.1) is 5.82 Å². The average Bonchev–Trinajstić information content (AvgIpc) is 2.92. The summed E-state index contributed by atoms with van der Waals surface area (Å²) in [6.07, 6.45) is 6.36. The molecule has 1 heterocycles. The van der Waals surface area contributed by atoms with Gasteiger partial charge in [0.15, 0.2) is 11.6 Å². The van der Waals surface area contributed by atoms with Crippen LogP contribution in [0.25, 0.3) is 0 Å². The molecule has 2 aromatic rings. The van der Waals surface area contributed by atoms with Gasteiger partial charge in [-0.05, 0) is 13.3 Å². The van der Waals surface area contributed by atoms with Crippen molar-refractivity contribution in [1.82, 2.24) is 9.55 Å². The van der Waals surface area contributed by atoms with E-state index < -0.39 is 5.82 Å². The number of nitrogens with one attached hydrogen (secondary N) is 1. The third-order valence-corrected chi connectivity index (χ3v) is 2.87. The fourth-order valence-corrected chi connectivity index (χ4v) is 1.89. The van der Waals surface area contributed by atoms with Gasteiger partial charge in [-0.3, -0.25) is 0 Å². The topological polar surface area (TPSA) is 65.1 Å². The molecule has 20 heavy (non-hydrogen) atoms. The molecule has 0 fully saturated rings. The Labute approximate surface area is 117 Å². The minimum atomic E-state index is -0.437. The largest absolute Gasteiger partial charge is 0.491 e. The van der Waals surface area contributed by atoms with Crippen LogP contribution in [-0.2, 0) is 6.54 Å². The lowest BCUT2D eigenvalue weighted by Gasteiger charge is -2.12. The van der Waals surface area contributed by atoms with Gasteiger partial charge in [0.05, 0.1) is 24.3 Å². The molecular weight excluding hydrogens is 259 g/mol. The van der Waals surface area contributed by atoms with Gasteiger partial charge in [0, 0.05) is 37.6 Å². The van der Waals surface area contributed by atoms with E-state index in [0.717, 1.165) is 19.5 Å². The van der Waals surface area contributed by atoms with E-state index in [1.54, 1.807) is 18.6 Å². The number of hydrogen-bond donors (Lipinski definition) is 2. The molecule has 0 unspecified atom stereocenters. The number of rotatable bonds is 7. The summed E-state index contributed by atoms with van der Waals surface area (Å²) in [6, 6.07) is 2.88. The summed E-state index contributed by atoms with van der Waals surface area (Å²) in [5.74, 6) is -0.216. The molecular formula is C14H19FN4O. The SMILES string of the molecule is CCOc1cc(NCCCn2ccnc2)c(N)cc1F. The predicted molar refractivity (Wildman–Crippen MR) is 77.3 cm³/mol. The number of aromatic nitrogens is 2. The molecule has 0 saturated carbocycles. The van der Waals surface area contributed by atoms with E-state index in [1.807, 2.05) is 17.7 Å². The Hall–Kier alpha value is -2.24. The van der Waals surface area contributed by atoms with E-state index in [2.05, 4.69) is 10.3 Å². The number of nitrogen functional groups attached to an aromatic ring is 1. The zero-order chi connectivity index (χ0) is 14.4. The van der Waals surface area contributed by atoms with Gasteiger partial charge in [0.2, 0.25) is 0 Å². The molecule has 0 saturated heterocycles. The van der Waals surface area contributed by atoms with Crippen LogP contribution in [0.3, 0.4) is 0 Å². The van der Waals surface area contributed by atoms with Crippen molar-refractivity contribution in [3.8, 4) is 5.75 Å². The lowest BCUT2D eigenvalue weighted by molar-refractivity contribution is 0.322. The predicted octanol–water partition coefficient (Wildman–Crippen LogP) is 2.51. The zero-order valence-electron chi connectivity index (χ0n) is 11.5. The van der Waals surface area contributed by atoms with Gasteiger partial charge in [-0.2, -0.15) is 0 Å². The monoisotopic (exact) mass is 278 g/mol. The van der Waals surface area contributed by atoms with E-state index >= 15 is 0 Å². The quantitative estimate of drug-likeness (QED) is 0.603. The number of hydrogen-bond acceptors (Lipinski definition) is 4. The number of benzene rings is 1. The van der Waals surface area contributed by atoms with Crippen molar-refractivity contribution in [2.24, 2.45) is 0 Å². The Morgan fingerprint density at radius 1 is 1.45 bits per heavy atom. The molecule has 1 aromatic carbocycles. The van der Waals surface area contributed by atoms with Gasteiger partial charge in [-0.25, -0.2) is 9.37 Å². The molecule has 0 aliphatic carbocycles. The first-order valence-electron chi connectivity index (χ1n) is 6.62. The first-order valence-corrected chi connectivity index (χ1v) is 6.62. The summed E-state index contributed by atoms with van der Waals surface area (Å²) in [7, 11) is 0. The van der Waals surface area contributed by atoms with Gasteiger partial charge in [-0.15, -0.1) is 0 Å². The Kier molecular flexibility index (Phi) is 4.81. The minimum absolute atomic E-state index is 0.221. The Balaban J connectivity index is 1.89. The molecule has 0 aliphatic rings. The highest BCUT2D eigenvalue weighted by molar-refractivity contribution is 5.68. The third kappa shape index (κ3) is 3.63. The van der Waals surface area contributed by atoms with Crippen molar-refractivity contribution in [3.63, 3.8) is 0 Å². The molecule has 1 aromatic heterocycles. The first-order chi connectivity index (χ1) is 9.70. The van der Waals surface area contributed by atoms with Gasteiger partial charge in [0.25, 0.3) is 0 Å². The van der Waals surface area contributed by atoms with Crippen LogP contribution in [0.1, 0.15) is 13.3 Å². The highest BCUT2D eigenvalue weighted by Gasteiger charge is 2.08. The van der Waals surface area contributed by atoms with Crippen LogP contribution >= 0.6 is 0 Å². The highest BCUT2D eigenvalue weighted by atomic mass is 19.1. The summed E-state index contributed by atoms with van der Waals surface area (Å²) in [5, 5.41) is 3.20. The summed E-state index contributed by atoms with van der Waals surface area (Å²) in [4.78, 5) is 3.98. The van der Waals surface area contributed by atoms with Crippen molar-refractivity contribution in [3.05, 3.63) is 36.7 Å². The van der Waals surface area contributed by atoms with E-state index in [9.17, 15) is 4.39 Å². The molecule has 5 nitrogen and oxygen atoms in total. The van der Waals surface area contributed by atoms with Crippen LogP contribution in [0.15, 0.2) is 30.9 Å². The lowest BCUT2D eigenvalue weighted by Crippen LogP contribution is -2.08. The molecule has 108 valence electrons. The van der Waals surface area contributed by atoms with E-state index in [1.165, 1.54) is 6.07 Å². The maximum absolute atomic E-state index is 13.5. The second kappa shape index (κ2) is 6.79. The number of aryl methyl sites for hydroxylation is 1. The van der Waals surface area contributed by atoms with Gasteiger partial charge < -0.3 is 20.4 Å². The highest BCUT2D eigenvalue weighted by Crippen LogP contribution is 2.28. The van der Waals surface area contributed by atoms with Gasteiger partial charge in [0.1, 0.15) is 0 Å². The van der Waals surface area contributed by atoms with Gasteiger partial charge >= 0.3 is 0 Å². The van der Waals surface area contributed by atoms with Gasteiger partial charge in [-0.1, -0.05) is 0 Å². The summed E-state index contributed by atoms with van der Waals surface area (Å²) in [5.41, 5.74) is 6.87. The second-order valence-electron chi connectivity index (χ2n) is 4.38. The Morgan fingerprint density at radius 2 is 2.30 bits per heavy atom. The zero-order valence-corrected chi connectivity index (χ0v) is 11.5. The van der Waals surface area contributed by atoms with Crippen molar-refractivity contribution < 1.29 is 9.13 Å². The smallest absolute Gasteiger partial charge is 0.167 e. The maximum Gasteiger partial charge on any atom is 0.167 e. The van der Waals surface area contributed by atoms with Crippen LogP contribution in [0.4, 0.5) is 15.8 Å². The summed E-state index contributed by atoms with van der Waals surface area (Å²) in [6.45, 7) is 3.83. The molecule has 6 heteroatoms. The van der Waals surface area contributed by atoms with Crippen molar-refractivity contribution >= 4 is 11.4 Å². The van der Waals surface area contributed by atoms with Crippen molar-refractivity contribution in [1.29, 1.82) is 0 Å². The van der Waals surface area contributed by atoms with Crippen LogP contribution in [0.2, 0.25) is 0 Å². The normalized spacial score (nSPS) is 10.5.